The first-order chi connectivity index (χ1) is 8.09. The van der Waals surface area contributed by atoms with Crippen molar-refractivity contribution >= 4 is 11.3 Å². The van der Waals surface area contributed by atoms with Crippen LogP contribution < -0.4 is 5.73 Å². The van der Waals surface area contributed by atoms with Gasteiger partial charge in [-0.25, -0.2) is 0 Å². The van der Waals surface area contributed by atoms with Gasteiger partial charge in [-0.05, 0) is 72.8 Å². The summed E-state index contributed by atoms with van der Waals surface area (Å²) in [7, 11) is 0. The largest absolute Gasteiger partial charge is 0.325 e. The molecule has 0 aromatic carbocycles. The zero-order valence-corrected chi connectivity index (χ0v) is 11.9. The number of hydrogen-bond acceptors (Lipinski definition) is 2. The van der Waals surface area contributed by atoms with Crippen LogP contribution in [0.5, 0.6) is 0 Å². The van der Waals surface area contributed by atoms with Crippen LogP contribution in [-0.2, 0) is 6.42 Å². The van der Waals surface area contributed by atoms with Gasteiger partial charge >= 0.3 is 0 Å². The van der Waals surface area contributed by atoms with Crippen molar-refractivity contribution in [2.75, 3.05) is 0 Å². The molecule has 17 heavy (non-hydrogen) atoms. The predicted molar refractivity (Wildman–Crippen MR) is 76.4 cm³/mol. The van der Waals surface area contributed by atoms with Gasteiger partial charge in [0.15, 0.2) is 0 Å². The second-order valence-electron chi connectivity index (χ2n) is 6.08. The Hall–Kier alpha value is -0.340. The first-order valence-electron chi connectivity index (χ1n) is 6.89. The molecule has 0 unspecified atom stereocenters. The number of hydrogen-bond donors (Lipinski definition) is 1. The van der Waals surface area contributed by atoms with E-state index < -0.39 is 0 Å². The quantitative estimate of drug-likeness (QED) is 0.851. The van der Waals surface area contributed by atoms with Crippen molar-refractivity contribution in [1.82, 2.24) is 0 Å². The Bertz CT molecular complexity index is 321. The van der Waals surface area contributed by atoms with E-state index in [0.29, 0.717) is 0 Å². The monoisotopic (exact) mass is 251 g/mol. The van der Waals surface area contributed by atoms with Gasteiger partial charge in [-0.1, -0.05) is 13.8 Å². The van der Waals surface area contributed by atoms with E-state index in [1.54, 1.807) is 11.3 Å². The van der Waals surface area contributed by atoms with Crippen LogP contribution in [0.1, 0.15) is 51.5 Å². The Labute approximate surface area is 109 Å². The van der Waals surface area contributed by atoms with Crippen LogP contribution in [0.3, 0.4) is 0 Å². The molecule has 1 aromatic rings. The van der Waals surface area contributed by atoms with Gasteiger partial charge in [-0.3, -0.25) is 0 Å². The SMILES string of the molecule is CC(C)C1CCC(N)(CCc2ccsc2)CC1. The first kappa shape index (κ1) is 13.1. The normalized spacial score (nSPS) is 29.8. The van der Waals surface area contributed by atoms with Gasteiger partial charge in [-0.15, -0.1) is 0 Å². The summed E-state index contributed by atoms with van der Waals surface area (Å²) in [5, 5.41) is 4.41. The second-order valence-corrected chi connectivity index (χ2v) is 6.86. The number of thiophene rings is 1. The van der Waals surface area contributed by atoms with Crippen LogP contribution >= 0.6 is 11.3 Å². The topological polar surface area (TPSA) is 26.0 Å². The van der Waals surface area contributed by atoms with E-state index in [-0.39, 0.29) is 5.54 Å². The molecular weight excluding hydrogens is 226 g/mol. The molecule has 0 atom stereocenters. The summed E-state index contributed by atoms with van der Waals surface area (Å²) in [6, 6.07) is 2.23. The van der Waals surface area contributed by atoms with Crippen molar-refractivity contribution in [3.05, 3.63) is 22.4 Å². The molecule has 0 bridgehead atoms. The highest BCUT2D eigenvalue weighted by molar-refractivity contribution is 7.07. The minimum absolute atomic E-state index is 0.118. The predicted octanol–water partition coefficient (Wildman–Crippen LogP) is 4.22. The van der Waals surface area contributed by atoms with E-state index in [4.69, 9.17) is 5.73 Å². The molecule has 1 fully saturated rings. The molecule has 1 aliphatic carbocycles. The summed E-state index contributed by atoms with van der Waals surface area (Å²) < 4.78 is 0. The van der Waals surface area contributed by atoms with Crippen molar-refractivity contribution < 1.29 is 0 Å². The summed E-state index contributed by atoms with van der Waals surface area (Å²) >= 11 is 1.79. The van der Waals surface area contributed by atoms with Crippen molar-refractivity contribution in [2.45, 2.75) is 57.9 Å². The van der Waals surface area contributed by atoms with E-state index in [1.807, 2.05) is 0 Å². The molecular formula is C15H25NS. The van der Waals surface area contributed by atoms with Gasteiger partial charge in [0.1, 0.15) is 0 Å². The van der Waals surface area contributed by atoms with Crippen molar-refractivity contribution in [2.24, 2.45) is 17.6 Å². The maximum atomic E-state index is 6.54. The maximum absolute atomic E-state index is 6.54. The lowest BCUT2D eigenvalue weighted by Gasteiger charge is -2.38. The van der Waals surface area contributed by atoms with Gasteiger partial charge in [0, 0.05) is 5.54 Å². The molecule has 2 N–H and O–H groups in total. The van der Waals surface area contributed by atoms with E-state index in [9.17, 15) is 0 Å². The minimum Gasteiger partial charge on any atom is -0.325 e. The third-order valence-electron chi connectivity index (χ3n) is 4.46. The lowest BCUT2D eigenvalue weighted by Crippen LogP contribution is -2.44. The molecule has 0 radical (unpaired) electrons. The fourth-order valence-electron chi connectivity index (χ4n) is 2.96. The first-order valence-corrected chi connectivity index (χ1v) is 7.83. The van der Waals surface area contributed by atoms with E-state index in [0.717, 1.165) is 24.7 Å². The van der Waals surface area contributed by atoms with Crippen LogP contribution in [-0.4, -0.2) is 5.54 Å². The number of rotatable bonds is 4. The van der Waals surface area contributed by atoms with Gasteiger partial charge in [0.05, 0.1) is 0 Å². The summed E-state index contributed by atoms with van der Waals surface area (Å²) in [6.45, 7) is 4.69. The highest BCUT2D eigenvalue weighted by Gasteiger charge is 2.32. The van der Waals surface area contributed by atoms with Crippen molar-refractivity contribution in [1.29, 1.82) is 0 Å². The summed E-state index contributed by atoms with van der Waals surface area (Å²) in [5.41, 5.74) is 8.12. The van der Waals surface area contributed by atoms with Gasteiger partial charge in [-0.2, -0.15) is 11.3 Å². The standard InChI is InChI=1S/C15H25NS/c1-12(2)14-4-8-15(16,9-5-14)7-3-13-6-10-17-11-13/h6,10-12,14H,3-5,7-9,16H2,1-2H3. The fraction of sp³-hybridized carbons (Fsp3) is 0.733. The zero-order valence-electron chi connectivity index (χ0n) is 11.1. The summed E-state index contributed by atoms with van der Waals surface area (Å²) in [4.78, 5) is 0. The van der Waals surface area contributed by atoms with Crippen LogP contribution in [0.4, 0.5) is 0 Å². The molecule has 0 amide bonds. The molecule has 1 aromatic heterocycles. The van der Waals surface area contributed by atoms with E-state index >= 15 is 0 Å². The van der Waals surface area contributed by atoms with Gasteiger partial charge in [0.2, 0.25) is 0 Å². The van der Waals surface area contributed by atoms with Crippen molar-refractivity contribution in [3.8, 4) is 0 Å². The van der Waals surface area contributed by atoms with Crippen LogP contribution in [0, 0.1) is 11.8 Å². The van der Waals surface area contributed by atoms with E-state index in [1.165, 1.54) is 31.2 Å². The van der Waals surface area contributed by atoms with Crippen LogP contribution in [0.2, 0.25) is 0 Å². The van der Waals surface area contributed by atoms with Crippen LogP contribution in [0.15, 0.2) is 16.8 Å². The Morgan fingerprint density at radius 2 is 2.12 bits per heavy atom. The third-order valence-corrected chi connectivity index (χ3v) is 5.19. The maximum Gasteiger partial charge on any atom is 0.0157 e. The molecule has 1 saturated carbocycles. The van der Waals surface area contributed by atoms with Crippen LogP contribution in [0.25, 0.3) is 0 Å². The molecule has 0 aliphatic heterocycles. The molecule has 2 rings (SSSR count). The lowest BCUT2D eigenvalue weighted by molar-refractivity contribution is 0.187. The minimum atomic E-state index is 0.118. The van der Waals surface area contributed by atoms with Gasteiger partial charge in [0.25, 0.3) is 0 Å². The Morgan fingerprint density at radius 3 is 2.65 bits per heavy atom. The smallest absolute Gasteiger partial charge is 0.0157 e. The van der Waals surface area contributed by atoms with Gasteiger partial charge < -0.3 is 5.73 Å². The Morgan fingerprint density at radius 1 is 1.41 bits per heavy atom. The number of nitrogens with two attached hydrogens (primary N) is 1. The highest BCUT2D eigenvalue weighted by Crippen LogP contribution is 2.36. The molecule has 2 heteroatoms. The Balaban J connectivity index is 1.81. The fourth-order valence-corrected chi connectivity index (χ4v) is 3.66. The Kier molecular flexibility index (Phi) is 4.26. The molecule has 0 saturated heterocycles. The van der Waals surface area contributed by atoms with Crippen molar-refractivity contribution in [3.63, 3.8) is 0 Å². The summed E-state index contributed by atoms with van der Waals surface area (Å²) in [5.74, 6) is 1.74. The zero-order chi connectivity index (χ0) is 12.3. The molecule has 1 aliphatic rings. The third kappa shape index (κ3) is 3.56. The molecule has 0 spiro atoms. The second kappa shape index (κ2) is 5.53. The molecule has 96 valence electrons. The average Bonchev–Trinajstić information content (AvgIpc) is 2.80. The summed E-state index contributed by atoms with van der Waals surface area (Å²) in [6.07, 6.45) is 7.43. The highest BCUT2D eigenvalue weighted by atomic mass is 32.1. The molecule has 1 heterocycles. The lowest BCUT2D eigenvalue weighted by atomic mass is 9.71. The molecule has 1 nitrogen and oxygen atoms in total. The number of aryl methyl sites for hydroxylation is 1. The van der Waals surface area contributed by atoms with E-state index in [2.05, 4.69) is 30.7 Å². The average molecular weight is 251 g/mol.